The zero-order valence-corrected chi connectivity index (χ0v) is 13.4. The molecular formula is C15H22BrFN2. The molecule has 2 nitrogen and oxygen atoms in total. The normalized spacial score (nSPS) is 19.9. The van der Waals surface area contributed by atoms with Gasteiger partial charge in [0.25, 0.3) is 0 Å². The van der Waals surface area contributed by atoms with Crippen molar-refractivity contribution in [2.24, 2.45) is 0 Å². The number of hydrogen-bond acceptors (Lipinski definition) is 2. The molecule has 1 atom stereocenters. The van der Waals surface area contributed by atoms with E-state index < -0.39 is 0 Å². The summed E-state index contributed by atoms with van der Waals surface area (Å²) in [5, 5.41) is 3.35. The van der Waals surface area contributed by atoms with Crippen LogP contribution in [0.4, 0.5) is 4.39 Å². The average molecular weight is 329 g/mol. The van der Waals surface area contributed by atoms with E-state index in [1.54, 1.807) is 6.07 Å². The van der Waals surface area contributed by atoms with E-state index in [0.717, 1.165) is 18.4 Å². The Hall–Kier alpha value is -0.450. The van der Waals surface area contributed by atoms with E-state index in [-0.39, 0.29) is 17.4 Å². The number of benzene rings is 1. The second-order valence-corrected chi connectivity index (χ2v) is 6.42. The zero-order chi connectivity index (χ0) is 14.0. The molecule has 0 aliphatic heterocycles. The van der Waals surface area contributed by atoms with Crippen molar-refractivity contribution in [2.45, 2.75) is 37.3 Å². The van der Waals surface area contributed by atoms with Crippen molar-refractivity contribution in [3.05, 3.63) is 34.1 Å². The van der Waals surface area contributed by atoms with Crippen LogP contribution in [-0.2, 0) is 0 Å². The molecule has 1 saturated carbocycles. The smallest absolute Gasteiger partial charge is 0.142 e. The van der Waals surface area contributed by atoms with Gasteiger partial charge >= 0.3 is 0 Å². The highest BCUT2D eigenvalue weighted by Gasteiger charge is 2.44. The summed E-state index contributed by atoms with van der Waals surface area (Å²) in [6.45, 7) is 0. The Morgan fingerprint density at radius 3 is 2.47 bits per heavy atom. The lowest BCUT2D eigenvalue weighted by Crippen LogP contribution is -2.51. The molecule has 19 heavy (non-hydrogen) atoms. The third-order valence-corrected chi connectivity index (χ3v) is 5.09. The Bertz CT molecular complexity index is 442. The summed E-state index contributed by atoms with van der Waals surface area (Å²) in [6, 6.07) is 5.57. The Morgan fingerprint density at radius 1 is 1.32 bits per heavy atom. The highest BCUT2D eigenvalue weighted by molar-refractivity contribution is 9.10. The number of rotatable bonds is 4. The molecule has 1 N–H and O–H groups in total. The Morgan fingerprint density at radius 2 is 1.95 bits per heavy atom. The first-order valence-corrected chi connectivity index (χ1v) is 7.61. The van der Waals surface area contributed by atoms with Crippen molar-refractivity contribution in [2.75, 3.05) is 21.1 Å². The molecule has 0 heterocycles. The van der Waals surface area contributed by atoms with Gasteiger partial charge in [-0.3, -0.25) is 0 Å². The number of hydrogen-bond donors (Lipinski definition) is 1. The van der Waals surface area contributed by atoms with Gasteiger partial charge in [0.15, 0.2) is 0 Å². The van der Waals surface area contributed by atoms with Gasteiger partial charge in [0, 0.05) is 11.1 Å². The summed E-state index contributed by atoms with van der Waals surface area (Å²) in [5.74, 6) is -0.144. The lowest BCUT2D eigenvalue weighted by Gasteiger charge is -2.43. The van der Waals surface area contributed by atoms with Crippen LogP contribution >= 0.6 is 15.9 Å². The van der Waals surface area contributed by atoms with Gasteiger partial charge in [0.2, 0.25) is 0 Å². The Balaban J connectivity index is 2.46. The molecule has 1 aromatic carbocycles. The standard InChI is InChI=1S/C15H22BrFN2/c1-18-14(11-7-6-8-12(16)13(11)17)15(19(2)3)9-4-5-10-15/h6-8,14,18H,4-5,9-10H2,1-3H3. The first-order chi connectivity index (χ1) is 9.03. The van der Waals surface area contributed by atoms with Gasteiger partial charge in [-0.05, 0) is 56.0 Å². The van der Waals surface area contributed by atoms with E-state index in [4.69, 9.17) is 0 Å². The molecule has 0 amide bonds. The monoisotopic (exact) mass is 328 g/mol. The van der Waals surface area contributed by atoms with E-state index in [9.17, 15) is 4.39 Å². The molecule has 106 valence electrons. The molecular weight excluding hydrogens is 307 g/mol. The van der Waals surface area contributed by atoms with Crippen molar-refractivity contribution >= 4 is 15.9 Å². The molecule has 0 aromatic heterocycles. The lowest BCUT2D eigenvalue weighted by molar-refractivity contribution is 0.107. The number of halogens is 2. The van der Waals surface area contributed by atoms with Gasteiger partial charge in [0.1, 0.15) is 5.82 Å². The van der Waals surface area contributed by atoms with E-state index in [1.165, 1.54) is 12.8 Å². The predicted octanol–water partition coefficient (Wildman–Crippen LogP) is 3.72. The molecule has 0 spiro atoms. The van der Waals surface area contributed by atoms with Crippen LogP contribution in [0.25, 0.3) is 0 Å². The fourth-order valence-corrected chi connectivity index (χ4v) is 3.82. The minimum atomic E-state index is -0.144. The van der Waals surface area contributed by atoms with Crippen molar-refractivity contribution in [1.29, 1.82) is 0 Å². The van der Waals surface area contributed by atoms with Crippen LogP contribution in [0.5, 0.6) is 0 Å². The van der Waals surface area contributed by atoms with Gasteiger partial charge in [-0.25, -0.2) is 4.39 Å². The van der Waals surface area contributed by atoms with Crippen LogP contribution in [0.3, 0.4) is 0 Å². The summed E-state index contributed by atoms with van der Waals surface area (Å²) in [6.07, 6.45) is 4.65. The summed E-state index contributed by atoms with van der Waals surface area (Å²) in [4.78, 5) is 2.27. The Kier molecular flexibility index (Phi) is 4.64. The van der Waals surface area contributed by atoms with Crippen LogP contribution in [0.15, 0.2) is 22.7 Å². The van der Waals surface area contributed by atoms with Gasteiger partial charge in [0.05, 0.1) is 10.5 Å². The minimum absolute atomic E-state index is 0.0103. The van der Waals surface area contributed by atoms with Crippen molar-refractivity contribution < 1.29 is 4.39 Å². The topological polar surface area (TPSA) is 15.3 Å². The van der Waals surface area contributed by atoms with E-state index in [1.807, 2.05) is 19.2 Å². The molecule has 1 aliphatic carbocycles. The maximum absolute atomic E-state index is 14.4. The van der Waals surface area contributed by atoms with E-state index >= 15 is 0 Å². The van der Waals surface area contributed by atoms with E-state index in [2.05, 4.69) is 40.2 Å². The highest BCUT2D eigenvalue weighted by atomic mass is 79.9. The van der Waals surface area contributed by atoms with Gasteiger partial charge < -0.3 is 10.2 Å². The van der Waals surface area contributed by atoms with Crippen molar-refractivity contribution in [3.8, 4) is 0 Å². The molecule has 0 bridgehead atoms. The summed E-state index contributed by atoms with van der Waals surface area (Å²) >= 11 is 3.29. The fraction of sp³-hybridized carbons (Fsp3) is 0.600. The van der Waals surface area contributed by atoms with Crippen molar-refractivity contribution in [1.82, 2.24) is 10.2 Å². The van der Waals surface area contributed by atoms with Gasteiger partial charge in [-0.1, -0.05) is 25.0 Å². The van der Waals surface area contributed by atoms with E-state index in [0.29, 0.717) is 4.47 Å². The quantitative estimate of drug-likeness (QED) is 0.906. The summed E-state index contributed by atoms with van der Waals surface area (Å²) in [5.41, 5.74) is 0.767. The summed E-state index contributed by atoms with van der Waals surface area (Å²) < 4.78 is 15.0. The highest BCUT2D eigenvalue weighted by Crippen LogP contribution is 2.44. The maximum Gasteiger partial charge on any atom is 0.142 e. The third-order valence-electron chi connectivity index (χ3n) is 4.48. The van der Waals surface area contributed by atoms with Crippen LogP contribution in [0.2, 0.25) is 0 Å². The third kappa shape index (κ3) is 2.58. The van der Waals surface area contributed by atoms with Gasteiger partial charge in [-0.2, -0.15) is 0 Å². The molecule has 1 aromatic rings. The van der Waals surface area contributed by atoms with Gasteiger partial charge in [-0.15, -0.1) is 0 Å². The second-order valence-electron chi connectivity index (χ2n) is 5.57. The molecule has 0 saturated heterocycles. The molecule has 0 radical (unpaired) electrons. The fourth-order valence-electron chi connectivity index (χ4n) is 3.44. The average Bonchev–Trinajstić information content (AvgIpc) is 2.86. The number of likely N-dealkylation sites (N-methyl/N-ethyl adjacent to an activating group) is 2. The summed E-state index contributed by atoms with van der Waals surface area (Å²) in [7, 11) is 6.13. The Labute approximate surface area is 123 Å². The zero-order valence-electron chi connectivity index (χ0n) is 11.8. The van der Waals surface area contributed by atoms with Crippen LogP contribution < -0.4 is 5.32 Å². The SMILES string of the molecule is CNC(c1cccc(Br)c1F)C1(N(C)C)CCCC1. The maximum atomic E-state index is 14.4. The predicted molar refractivity (Wildman–Crippen MR) is 80.8 cm³/mol. The lowest BCUT2D eigenvalue weighted by atomic mass is 9.82. The molecule has 1 aliphatic rings. The molecule has 2 rings (SSSR count). The molecule has 1 fully saturated rings. The van der Waals surface area contributed by atoms with Crippen molar-refractivity contribution in [3.63, 3.8) is 0 Å². The van der Waals surface area contributed by atoms with Crippen LogP contribution in [0, 0.1) is 5.82 Å². The largest absolute Gasteiger partial charge is 0.311 e. The number of nitrogens with one attached hydrogen (secondary N) is 1. The minimum Gasteiger partial charge on any atom is -0.311 e. The number of nitrogens with zero attached hydrogens (tertiary/aromatic N) is 1. The molecule has 4 heteroatoms. The van der Waals surface area contributed by atoms with Crippen LogP contribution in [0.1, 0.15) is 37.3 Å². The first-order valence-electron chi connectivity index (χ1n) is 6.81. The molecule has 1 unspecified atom stereocenters. The van der Waals surface area contributed by atoms with Crippen LogP contribution in [-0.4, -0.2) is 31.6 Å². The first kappa shape index (κ1) is 14.9. The second kappa shape index (κ2) is 5.90.